The number of nitrogens with one attached hydrogen (secondary N) is 1. The summed E-state index contributed by atoms with van der Waals surface area (Å²) in [5, 5.41) is 19.8. The maximum Gasteiger partial charge on any atom is 0.157 e. The van der Waals surface area contributed by atoms with Crippen molar-refractivity contribution in [3.05, 3.63) is 59.7 Å². The third-order valence-electron chi connectivity index (χ3n) is 4.38. The van der Waals surface area contributed by atoms with Gasteiger partial charge in [0.2, 0.25) is 0 Å². The second-order valence-corrected chi connectivity index (χ2v) is 6.87. The van der Waals surface area contributed by atoms with E-state index >= 15 is 0 Å². The molecular formula is C19H22N2O3S. The van der Waals surface area contributed by atoms with E-state index in [1.807, 2.05) is 53.4 Å². The van der Waals surface area contributed by atoms with Gasteiger partial charge in [-0.15, -0.1) is 0 Å². The molecule has 2 aromatic rings. The number of amidine groups is 1. The number of nitrogens with zero attached hydrogens (tertiary/aromatic N) is 1. The summed E-state index contributed by atoms with van der Waals surface area (Å²) < 4.78 is 10.4. The molecule has 0 spiro atoms. The van der Waals surface area contributed by atoms with Crippen LogP contribution in [0.15, 0.2) is 48.5 Å². The summed E-state index contributed by atoms with van der Waals surface area (Å²) >= 11 is 1.51. The molecule has 2 unspecified atom stereocenters. The largest absolute Gasteiger partial charge is 0.497 e. The van der Waals surface area contributed by atoms with Crippen LogP contribution in [0.1, 0.15) is 23.3 Å². The van der Waals surface area contributed by atoms with Gasteiger partial charge >= 0.3 is 0 Å². The Hall–Kier alpha value is -2.18. The highest BCUT2D eigenvalue weighted by Gasteiger charge is 2.33. The van der Waals surface area contributed by atoms with Crippen molar-refractivity contribution >= 4 is 16.9 Å². The van der Waals surface area contributed by atoms with Crippen LogP contribution in [0.5, 0.6) is 11.5 Å². The number of hydrogen-bond donors (Lipinski definition) is 2. The predicted molar refractivity (Wildman–Crippen MR) is 101 cm³/mol. The number of benzene rings is 2. The van der Waals surface area contributed by atoms with Gasteiger partial charge in [-0.05, 0) is 35.4 Å². The van der Waals surface area contributed by atoms with E-state index in [0.29, 0.717) is 5.17 Å². The van der Waals surface area contributed by atoms with E-state index in [0.717, 1.165) is 34.9 Å². The third kappa shape index (κ3) is 3.75. The van der Waals surface area contributed by atoms with Crippen LogP contribution in [-0.2, 0) is 0 Å². The Morgan fingerprint density at radius 2 is 1.48 bits per heavy atom. The summed E-state index contributed by atoms with van der Waals surface area (Å²) in [6.45, 7) is 0.743. The van der Waals surface area contributed by atoms with Crippen LogP contribution in [0, 0.1) is 5.41 Å². The van der Waals surface area contributed by atoms with Gasteiger partial charge in [-0.2, -0.15) is 0 Å². The van der Waals surface area contributed by atoms with E-state index in [2.05, 4.69) is 0 Å². The first-order valence-corrected chi connectivity index (χ1v) is 9.06. The molecule has 1 aliphatic heterocycles. The van der Waals surface area contributed by atoms with E-state index in [9.17, 15) is 5.11 Å². The molecule has 1 saturated heterocycles. The minimum Gasteiger partial charge on any atom is -0.497 e. The maximum absolute atomic E-state index is 11.1. The van der Waals surface area contributed by atoms with Gasteiger partial charge in [-0.3, -0.25) is 5.41 Å². The fraction of sp³-hybridized carbons (Fsp3) is 0.316. The van der Waals surface area contributed by atoms with Crippen LogP contribution in [0.25, 0.3) is 0 Å². The second-order valence-electron chi connectivity index (χ2n) is 5.78. The number of aliphatic hydroxyl groups excluding tert-OH is 1. The Kier molecular flexibility index (Phi) is 5.50. The van der Waals surface area contributed by atoms with Gasteiger partial charge in [-0.25, -0.2) is 0 Å². The summed E-state index contributed by atoms with van der Waals surface area (Å²) in [6, 6.07) is 14.8. The molecule has 2 aromatic carbocycles. The summed E-state index contributed by atoms with van der Waals surface area (Å²) in [7, 11) is 3.25. The SMILES string of the molecule is COc1ccc(C(O)C(c2ccc(OC)cc2)N2CCSC2=N)cc1. The van der Waals surface area contributed by atoms with Gasteiger partial charge in [0.15, 0.2) is 5.17 Å². The molecule has 1 fully saturated rings. The van der Waals surface area contributed by atoms with Crippen molar-refractivity contribution in [3.63, 3.8) is 0 Å². The van der Waals surface area contributed by atoms with Crippen LogP contribution in [0.2, 0.25) is 0 Å². The molecule has 132 valence electrons. The Morgan fingerprint density at radius 1 is 0.960 bits per heavy atom. The Morgan fingerprint density at radius 3 is 1.92 bits per heavy atom. The number of hydrogen-bond acceptors (Lipinski definition) is 5. The summed E-state index contributed by atoms with van der Waals surface area (Å²) in [6.07, 6.45) is -0.752. The van der Waals surface area contributed by atoms with E-state index < -0.39 is 6.10 Å². The topological polar surface area (TPSA) is 65.8 Å². The van der Waals surface area contributed by atoms with Crippen molar-refractivity contribution in [2.45, 2.75) is 12.1 Å². The van der Waals surface area contributed by atoms with Crippen molar-refractivity contribution in [2.75, 3.05) is 26.5 Å². The van der Waals surface area contributed by atoms with Crippen LogP contribution in [-0.4, -0.2) is 41.7 Å². The fourth-order valence-electron chi connectivity index (χ4n) is 3.01. The van der Waals surface area contributed by atoms with Crippen molar-refractivity contribution < 1.29 is 14.6 Å². The van der Waals surface area contributed by atoms with Gasteiger partial charge in [-0.1, -0.05) is 36.0 Å². The molecule has 2 atom stereocenters. The van der Waals surface area contributed by atoms with Crippen molar-refractivity contribution in [3.8, 4) is 11.5 Å². The fourth-order valence-corrected chi connectivity index (χ4v) is 3.86. The highest BCUT2D eigenvalue weighted by molar-refractivity contribution is 8.14. The first-order chi connectivity index (χ1) is 12.1. The lowest BCUT2D eigenvalue weighted by Gasteiger charge is -2.33. The molecule has 3 rings (SSSR count). The monoisotopic (exact) mass is 358 g/mol. The molecule has 5 nitrogen and oxygen atoms in total. The summed E-state index contributed by atoms with van der Waals surface area (Å²) in [5.74, 6) is 2.38. The van der Waals surface area contributed by atoms with E-state index in [1.165, 1.54) is 11.8 Å². The summed E-state index contributed by atoms with van der Waals surface area (Å²) in [5.41, 5.74) is 1.75. The molecule has 0 aliphatic carbocycles. The van der Waals surface area contributed by atoms with Crippen LogP contribution in [0.4, 0.5) is 0 Å². The van der Waals surface area contributed by atoms with Crippen molar-refractivity contribution in [1.29, 1.82) is 5.41 Å². The number of aliphatic hydroxyl groups is 1. The van der Waals surface area contributed by atoms with E-state index in [1.54, 1.807) is 14.2 Å². The Bertz CT molecular complexity index is 718. The summed E-state index contributed by atoms with van der Waals surface area (Å²) in [4.78, 5) is 1.96. The van der Waals surface area contributed by atoms with Crippen LogP contribution < -0.4 is 9.47 Å². The highest BCUT2D eigenvalue weighted by atomic mass is 32.2. The van der Waals surface area contributed by atoms with E-state index in [4.69, 9.17) is 14.9 Å². The van der Waals surface area contributed by atoms with Gasteiger partial charge < -0.3 is 19.5 Å². The molecule has 0 amide bonds. The Labute approximate surface area is 152 Å². The minimum absolute atomic E-state index is 0.318. The van der Waals surface area contributed by atoms with Crippen LogP contribution in [0.3, 0.4) is 0 Å². The van der Waals surface area contributed by atoms with Gasteiger partial charge in [0.1, 0.15) is 17.6 Å². The molecule has 6 heteroatoms. The number of ether oxygens (including phenoxy) is 2. The average Bonchev–Trinajstić information content (AvgIpc) is 3.08. The highest BCUT2D eigenvalue weighted by Crippen LogP contribution is 2.38. The van der Waals surface area contributed by atoms with Crippen molar-refractivity contribution in [1.82, 2.24) is 4.90 Å². The lowest BCUT2D eigenvalue weighted by atomic mass is 9.94. The average molecular weight is 358 g/mol. The molecule has 0 aromatic heterocycles. The van der Waals surface area contributed by atoms with Crippen molar-refractivity contribution in [2.24, 2.45) is 0 Å². The molecule has 2 N–H and O–H groups in total. The first kappa shape index (κ1) is 17.6. The zero-order chi connectivity index (χ0) is 17.8. The minimum atomic E-state index is -0.752. The van der Waals surface area contributed by atoms with Gasteiger partial charge in [0.05, 0.1) is 20.3 Å². The smallest absolute Gasteiger partial charge is 0.157 e. The lowest BCUT2D eigenvalue weighted by molar-refractivity contribution is 0.0883. The van der Waals surface area contributed by atoms with Gasteiger partial charge in [0, 0.05) is 12.3 Å². The lowest BCUT2D eigenvalue weighted by Crippen LogP contribution is -2.33. The quantitative estimate of drug-likeness (QED) is 0.828. The molecule has 1 heterocycles. The Balaban J connectivity index is 1.95. The van der Waals surface area contributed by atoms with E-state index in [-0.39, 0.29) is 6.04 Å². The molecular weight excluding hydrogens is 336 g/mol. The molecule has 25 heavy (non-hydrogen) atoms. The number of rotatable bonds is 6. The third-order valence-corrected chi connectivity index (χ3v) is 5.28. The van der Waals surface area contributed by atoms with Gasteiger partial charge in [0.25, 0.3) is 0 Å². The normalized spacial score (nSPS) is 16.6. The number of thioether (sulfide) groups is 1. The molecule has 1 aliphatic rings. The predicted octanol–water partition coefficient (Wildman–Crippen LogP) is 3.46. The molecule has 0 bridgehead atoms. The number of methoxy groups -OCH3 is 2. The zero-order valence-corrected chi connectivity index (χ0v) is 15.1. The maximum atomic E-state index is 11.1. The standard InChI is InChI=1S/C19H22N2O3S/c1-23-15-7-3-13(4-8-15)17(21-11-12-25-19(21)20)18(22)14-5-9-16(24-2)10-6-14/h3-10,17-18,20,22H,11-12H2,1-2H3. The zero-order valence-electron chi connectivity index (χ0n) is 14.3. The molecule has 0 radical (unpaired) electrons. The second kappa shape index (κ2) is 7.80. The van der Waals surface area contributed by atoms with Crippen LogP contribution >= 0.6 is 11.8 Å². The first-order valence-electron chi connectivity index (χ1n) is 8.08. The molecule has 0 saturated carbocycles.